The van der Waals surface area contributed by atoms with Gasteiger partial charge in [-0.25, -0.2) is 8.42 Å². The Hall–Kier alpha value is -3.72. The average molecular weight is 499 g/mol. The van der Waals surface area contributed by atoms with Crippen LogP contribution in [0.15, 0.2) is 65.6 Å². The third-order valence-electron chi connectivity index (χ3n) is 5.50. The molecule has 9 heteroatoms. The summed E-state index contributed by atoms with van der Waals surface area (Å²) in [6, 6.07) is 17.1. The Kier molecular flexibility index (Phi) is 8.24. The normalized spacial score (nSPS) is 11.0. The van der Waals surface area contributed by atoms with Crippen LogP contribution in [0.25, 0.3) is 0 Å². The lowest BCUT2D eigenvalue weighted by Gasteiger charge is -2.25. The van der Waals surface area contributed by atoms with E-state index in [9.17, 15) is 13.2 Å². The molecule has 35 heavy (non-hydrogen) atoms. The van der Waals surface area contributed by atoms with E-state index in [2.05, 4.69) is 5.32 Å². The predicted octanol–water partition coefficient (Wildman–Crippen LogP) is 3.84. The van der Waals surface area contributed by atoms with Crippen LogP contribution in [0.4, 0.5) is 5.69 Å². The van der Waals surface area contributed by atoms with Crippen LogP contribution in [-0.4, -0.2) is 42.2 Å². The highest BCUT2D eigenvalue weighted by molar-refractivity contribution is 7.93. The lowest BCUT2D eigenvalue weighted by molar-refractivity contribution is -0.119. The van der Waals surface area contributed by atoms with Gasteiger partial charge in [0, 0.05) is 6.54 Å². The third-order valence-corrected chi connectivity index (χ3v) is 7.41. The summed E-state index contributed by atoms with van der Waals surface area (Å²) in [6.45, 7) is 3.36. The molecular formula is C26H30N2O6S. The number of carbonyl (C=O) groups is 1. The second kappa shape index (κ2) is 11.1. The van der Waals surface area contributed by atoms with E-state index < -0.39 is 22.5 Å². The van der Waals surface area contributed by atoms with Crippen LogP contribution in [-0.2, 0) is 21.4 Å². The van der Waals surface area contributed by atoms with Gasteiger partial charge in [0.05, 0.1) is 31.9 Å². The second-order valence-electron chi connectivity index (χ2n) is 7.94. The molecule has 0 aromatic heterocycles. The third kappa shape index (κ3) is 6.05. The number of ether oxygens (including phenoxy) is 3. The Morgan fingerprint density at radius 2 is 1.54 bits per heavy atom. The number of hydrogen-bond acceptors (Lipinski definition) is 6. The summed E-state index contributed by atoms with van der Waals surface area (Å²) in [5.41, 5.74) is 2.54. The second-order valence-corrected chi connectivity index (χ2v) is 9.78. The molecule has 0 bridgehead atoms. The van der Waals surface area contributed by atoms with Crippen LogP contribution in [0.3, 0.4) is 0 Å². The van der Waals surface area contributed by atoms with Crippen molar-refractivity contribution < 1.29 is 27.4 Å². The minimum absolute atomic E-state index is 0.154. The van der Waals surface area contributed by atoms with Gasteiger partial charge in [-0.15, -0.1) is 0 Å². The Bertz CT molecular complexity index is 1290. The number of sulfonamides is 1. The minimum Gasteiger partial charge on any atom is -0.497 e. The quantitative estimate of drug-likeness (QED) is 0.457. The number of nitrogens with zero attached hydrogens (tertiary/aromatic N) is 1. The first-order valence-electron chi connectivity index (χ1n) is 10.9. The number of hydrogen-bond donors (Lipinski definition) is 1. The molecule has 8 nitrogen and oxygen atoms in total. The van der Waals surface area contributed by atoms with Gasteiger partial charge in [0.2, 0.25) is 5.91 Å². The van der Waals surface area contributed by atoms with Crippen LogP contribution >= 0.6 is 0 Å². The fourth-order valence-corrected chi connectivity index (χ4v) is 5.28. The largest absolute Gasteiger partial charge is 0.497 e. The van der Waals surface area contributed by atoms with E-state index in [-0.39, 0.29) is 11.4 Å². The highest BCUT2D eigenvalue weighted by Crippen LogP contribution is 2.29. The number of carbonyl (C=O) groups excluding carboxylic acids is 1. The first-order chi connectivity index (χ1) is 16.7. The van der Waals surface area contributed by atoms with Gasteiger partial charge >= 0.3 is 0 Å². The zero-order chi connectivity index (χ0) is 25.6. The van der Waals surface area contributed by atoms with Gasteiger partial charge in [-0.1, -0.05) is 18.2 Å². The van der Waals surface area contributed by atoms with E-state index in [1.807, 2.05) is 13.0 Å². The molecule has 0 unspecified atom stereocenters. The Labute approximate surface area is 206 Å². The lowest BCUT2D eigenvalue weighted by Crippen LogP contribution is -2.41. The molecule has 0 radical (unpaired) electrons. The zero-order valence-corrected chi connectivity index (χ0v) is 21.3. The molecule has 0 atom stereocenters. The highest BCUT2D eigenvalue weighted by atomic mass is 32.2. The number of amides is 1. The highest BCUT2D eigenvalue weighted by Gasteiger charge is 2.28. The predicted molar refractivity (Wildman–Crippen MR) is 135 cm³/mol. The molecule has 0 fully saturated rings. The summed E-state index contributed by atoms with van der Waals surface area (Å²) in [7, 11) is 0.577. The monoisotopic (exact) mass is 498 g/mol. The number of aryl methyl sites for hydroxylation is 2. The number of rotatable bonds is 10. The average Bonchev–Trinajstić information content (AvgIpc) is 2.87. The molecule has 3 aromatic carbocycles. The maximum atomic E-state index is 13.7. The van der Waals surface area contributed by atoms with Crippen molar-refractivity contribution in [2.45, 2.75) is 25.3 Å². The number of nitrogens with one attached hydrogen (secondary N) is 1. The SMILES string of the molecule is COc1ccc(N(CC(=O)NCc2ccc(OC)c(OC)c2)S(=O)(=O)c2cc(C)ccc2C)cc1. The van der Waals surface area contributed by atoms with Crippen molar-refractivity contribution in [3.8, 4) is 17.2 Å². The Morgan fingerprint density at radius 1 is 0.857 bits per heavy atom. The van der Waals surface area contributed by atoms with Gasteiger partial charge in [0.25, 0.3) is 10.0 Å². The fourth-order valence-electron chi connectivity index (χ4n) is 3.55. The van der Waals surface area contributed by atoms with Gasteiger partial charge in [0.1, 0.15) is 12.3 Å². The summed E-state index contributed by atoms with van der Waals surface area (Å²) in [5.74, 6) is 1.24. The van der Waals surface area contributed by atoms with E-state index in [1.54, 1.807) is 68.6 Å². The molecule has 3 aromatic rings. The topological polar surface area (TPSA) is 94.2 Å². The van der Waals surface area contributed by atoms with Gasteiger partial charge in [-0.05, 0) is 73.0 Å². The standard InChI is InChI=1S/C26H30N2O6S/c1-18-6-7-19(2)25(14-18)35(30,31)28(21-9-11-22(32-3)12-10-21)17-26(29)27-16-20-8-13-23(33-4)24(15-20)34-5/h6-15H,16-17H2,1-5H3,(H,27,29). The molecule has 0 aliphatic heterocycles. The molecule has 3 rings (SSSR count). The lowest BCUT2D eigenvalue weighted by atomic mass is 10.2. The smallest absolute Gasteiger partial charge is 0.265 e. The van der Waals surface area contributed by atoms with Crippen LogP contribution in [0.2, 0.25) is 0 Å². The van der Waals surface area contributed by atoms with Crippen molar-refractivity contribution in [2.24, 2.45) is 0 Å². The summed E-state index contributed by atoms with van der Waals surface area (Å²) >= 11 is 0. The molecule has 0 heterocycles. The number of anilines is 1. The van der Waals surface area contributed by atoms with Gasteiger partial charge in [-0.2, -0.15) is 0 Å². The van der Waals surface area contributed by atoms with E-state index in [0.717, 1.165) is 15.4 Å². The molecule has 1 N–H and O–H groups in total. The summed E-state index contributed by atoms with van der Waals surface area (Å²) in [5, 5.41) is 2.79. The van der Waals surface area contributed by atoms with E-state index in [1.165, 1.54) is 14.2 Å². The first-order valence-corrected chi connectivity index (χ1v) is 12.3. The van der Waals surface area contributed by atoms with Gasteiger partial charge in [-0.3, -0.25) is 9.10 Å². The van der Waals surface area contributed by atoms with Crippen molar-refractivity contribution >= 4 is 21.6 Å². The molecule has 186 valence electrons. The van der Waals surface area contributed by atoms with Gasteiger partial charge < -0.3 is 19.5 Å². The summed E-state index contributed by atoms with van der Waals surface area (Å²) in [4.78, 5) is 13.1. The number of methoxy groups -OCH3 is 3. The number of benzene rings is 3. The Morgan fingerprint density at radius 3 is 2.17 bits per heavy atom. The van der Waals surface area contributed by atoms with Crippen LogP contribution in [0, 0.1) is 13.8 Å². The zero-order valence-electron chi connectivity index (χ0n) is 20.5. The van der Waals surface area contributed by atoms with Gasteiger partial charge in [0.15, 0.2) is 11.5 Å². The van der Waals surface area contributed by atoms with Crippen molar-refractivity contribution in [3.63, 3.8) is 0 Å². The molecule has 0 aliphatic rings. The maximum Gasteiger partial charge on any atom is 0.265 e. The fraction of sp³-hybridized carbons (Fsp3) is 0.269. The molecule has 0 spiro atoms. The minimum atomic E-state index is -4.03. The van der Waals surface area contributed by atoms with Crippen molar-refractivity contribution in [3.05, 3.63) is 77.4 Å². The van der Waals surface area contributed by atoms with Crippen LogP contribution < -0.4 is 23.8 Å². The first kappa shape index (κ1) is 25.9. The van der Waals surface area contributed by atoms with Crippen molar-refractivity contribution in [1.29, 1.82) is 0 Å². The molecule has 0 saturated carbocycles. The van der Waals surface area contributed by atoms with Crippen LogP contribution in [0.5, 0.6) is 17.2 Å². The van der Waals surface area contributed by atoms with E-state index in [4.69, 9.17) is 14.2 Å². The van der Waals surface area contributed by atoms with Crippen molar-refractivity contribution in [1.82, 2.24) is 5.32 Å². The van der Waals surface area contributed by atoms with Crippen molar-refractivity contribution in [2.75, 3.05) is 32.2 Å². The molecule has 0 saturated heterocycles. The Balaban J connectivity index is 1.88. The van der Waals surface area contributed by atoms with E-state index in [0.29, 0.717) is 28.5 Å². The maximum absolute atomic E-state index is 13.7. The molecular weight excluding hydrogens is 468 g/mol. The summed E-state index contributed by atoms with van der Waals surface area (Å²) in [6.07, 6.45) is 0. The molecule has 0 aliphatic carbocycles. The van der Waals surface area contributed by atoms with Crippen LogP contribution in [0.1, 0.15) is 16.7 Å². The van der Waals surface area contributed by atoms with E-state index >= 15 is 0 Å². The molecule has 1 amide bonds. The summed E-state index contributed by atoms with van der Waals surface area (Å²) < 4.78 is 44.3.